The van der Waals surface area contributed by atoms with Crippen molar-refractivity contribution >= 4 is 22.7 Å². The number of benzene rings is 2. The normalized spacial score (nSPS) is 11.1. The van der Waals surface area contributed by atoms with Gasteiger partial charge in [-0.05, 0) is 50.1 Å². The first-order valence-electron chi connectivity index (χ1n) is 11.4. The summed E-state index contributed by atoms with van der Waals surface area (Å²) in [6, 6.07) is 17.1. The molecule has 0 unspecified atom stereocenters. The number of hydrogen-bond donors (Lipinski definition) is 0. The molecule has 0 bridgehead atoms. The molecule has 2 heterocycles. The quantitative estimate of drug-likeness (QED) is 0.229. The van der Waals surface area contributed by atoms with Crippen LogP contribution in [0.25, 0.3) is 11.0 Å². The van der Waals surface area contributed by atoms with E-state index in [1.807, 2.05) is 62.4 Å². The van der Waals surface area contributed by atoms with Gasteiger partial charge in [-0.3, -0.25) is 4.79 Å². The summed E-state index contributed by atoms with van der Waals surface area (Å²) in [7, 11) is 3.19. The molecule has 2 aromatic carbocycles. The van der Waals surface area contributed by atoms with Crippen molar-refractivity contribution in [1.29, 1.82) is 0 Å². The number of Topliss-reactive ketones (excluding diaryl/α,β-unsaturated/α-hetero) is 1. The number of hydrogen-bond acceptors (Lipinski definition) is 6. The number of ether oxygens (including phenoxy) is 3. The number of nitrogens with zero attached hydrogens (tertiary/aromatic N) is 1. The summed E-state index contributed by atoms with van der Waals surface area (Å²) in [4.78, 5) is 25.7. The molecule has 0 spiro atoms. The third-order valence-electron chi connectivity index (χ3n) is 6.16. The third kappa shape index (κ3) is 5.15. The van der Waals surface area contributed by atoms with E-state index in [9.17, 15) is 9.59 Å². The summed E-state index contributed by atoms with van der Waals surface area (Å²) in [6.07, 6.45) is 0.817. The maximum Gasteiger partial charge on any atom is 0.375 e. The molecular weight excluding hydrogens is 446 g/mol. The van der Waals surface area contributed by atoms with E-state index < -0.39 is 5.97 Å². The summed E-state index contributed by atoms with van der Waals surface area (Å²) in [5.41, 5.74) is 4.73. The molecule has 7 heteroatoms. The van der Waals surface area contributed by atoms with Crippen LogP contribution in [0.2, 0.25) is 0 Å². The van der Waals surface area contributed by atoms with Crippen molar-refractivity contribution in [3.63, 3.8) is 0 Å². The second-order valence-electron chi connectivity index (χ2n) is 8.37. The summed E-state index contributed by atoms with van der Waals surface area (Å²) in [5, 5.41) is 0.785. The van der Waals surface area contributed by atoms with Gasteiger partial charge in [-0.15, -0.1) is 0 Å². The predicted octanol–water partition coefficient (Wildman–Crippen LogP) is 5.29. The lowest BCUT2D eigenvalue weighted by Gasteiger charge is -2.10. The highest BCUT2D eigenvalue weighted by Gasteiger charge is 2.24. The number of ketones is 1. The van der Waals surface area contributed by atoms with Gasteiger partial charge >= 0.3 is 5.97 Å². The number of aryl methyl sites for hydroxylation is 2. The molecule has 0 radical (unpaired) electrons. The zero-order valence-electron chi connectivity index (χ0n) is 20.4. The van der Waals surface area contributed by atoms with Crippen molar-refractivity contribution in [1.82, 2.24) is 4.57 Å². The highest BCUT2D eigenvalue weighted by atomic mass is 16.5. The monoisotopic (exact) mass is 475 g/mol. The number of rotatable bonds is 10. The van der Waals surface area contributed by atoms with Gasteiger partial charge in [0.1, 0.15) is 11.3 Å². The van der Waals surface area contributed by atoms with Gasteiger partial charge < -0.3 is 23.2 Å². The Labute approximate surface area is 204 Å². The highest BCUT2D eigenvalue weighted by Crippen LogP contribution is 2.27. The van der Waals surface area contributed by atoms with Crippen LogP contribution in [0, 0.1) is 13.8 Å². The number of esters is 1. The summed E-state index contributed by atoms with van der Waals surface area (Å²) in [6.45, 7) is 4.44. The number of para-hydroxylation sites is 1. The Hall–Kier alpha value is -3.84. The Kier molecular flexibility index (Phi) is 7.36. The first-order valence-corrected chi connectivity index (χ1v) is 11.4. The molecule has 0 aliphatic heterocycles. The van der Waals surface area contributed by atoms with Crippen LogP contribution in [0.1, 0.15) is 43.4 Å². The second-order valence-corrected chi connectivity index (χ2v) is 8.37. The van der Waals surface area contributed by atoms with Gasteiger partial charge in [0.2, 0.25) is 11.5 Å². The van der Waals surface area contributed by atoms with Crippen molar-refractivity contribution in [2.75, 3.05) is 20.8 Å². The largest absolute Gasteiger partial charge is 0.497 e. The molecule has 0 amide bonds. The van der Waals surface area contributed by atoms with E-state index in [1.54, 1.807) is 20.3 Å². The zero-order chi connectivity index (χ0) is 24.9. The van der Waals surface area contributed by atoms with Gasteiger partial charge in [0.25, 0.3) is 0 Å². The van der Waals surface area contributed by atoms with Crippen LogP contribution < -0.4 is 4.74 Å². The van der Waals surface area contributed by atoms with Gasteiger partial charge in [0.05, 0.1) is 13.7 Å². The molecular formula is C28H29NO6. The van der Waals surface area contributed by atoms with Crippen LogP contribution >= 0.6 is 0 Å². The van der Waals surface area contributed by atoms with E-state index in [2.05, 4.69) is 4.57 Å². The average Bonchev–Trinajstić information content (AvgIpc) is 3.38. The number of carbonyl (C=O) groups is 2. The van der Waals surface area contributed by atoms with Crippen LogP contribution in [0.15, 0.2) is 59.0 Å². The maximum absolute atomic E-state index is 12.9. The first kappa shape index (κ1) is 24.3. The SMILES string of the molecule is COCc1c(C(=O)OCC(=O)c2cc(C)n(CCc3ccc(OC)cc3)c2C)oc2ccccc12. The Balaban J connectivity index is 1.43. The van der Waals surface area contributed by atoms with E-state index in [-0.39, 0.29) is 24.8 Å². The van der Waals surface area contributed by atoms with E-state index in [4.69, 9.17) is 18.6 Å². The average molecular weight is 476 g/mol. The number of carbonyl (C=O) groups excluding carboxylic acids is 2. The smallest absolute Gasteiger partial charge is 0.375 e. The second kappa shape index (κ2) is 10.6. The molecule has 4 rings (SSSR count). The fraction of sp³-hybridized carbons (Fsp3) is 0.286. The van der Waals surface area contributed by atoms with E-state index >= 15 is 0 Å². The summed E-state index contributed by atoms with van der Waals surface area (Å²) in [5.74, 6) is -0.0613. The van der Waals surface area contributed by atoms with Crippen molar-refractivity contribution in [2.24, 2.45) is 0 Å². The van der Waals surface area contributed by atoms with Crippen LogP contribution in [-0.4, -0.2) is 37.1 Å². The number of aromatic nitrogens is 1. The molecule has 0 N–H and O–H groups in total. The Bertz CT molecular complexity index is 1350. The van der Waals surface area contributed by atoms with Crippen molar-refractivity contribution in [3.8, 4) is 5.75 Å². The standard InChI is InChI=1S/C28H29NO6/c1-18-15-23(19(2)29(18)14-13-20-9-11-21(33-4)12-10-20)25(30)17-34-28(31)27-24(16-32-3)22-7-5-6-8-26(22)35-27/h5-12,15H,13-14,16-17H2,1-4H3. The van der Waals surface area contributed by atoms with Crippen molar-refractivity contribution < 1.29 is 28.2 Å². The minimum absolute atomic E-state index is 0.0609. The fourth-order valence-electron chi connectivity index (χ4n) is 4.29. The lowest BCUT2D eigenvalue weighted by molar-refractivity contribution is 0.0441. The molecule has 0 aliphatic carbocycles. The Morgan fingerprint density at radius 1 is 1.00 bits per heavy atom. The molecule has 35 heavy (non-hydrogen) atoms. The molecule has 7 nitrogen and oxygen atoms in total. The first-order chi connectivity index (χ1) is 16.9. The van der Waals surface area contributed by atoms with E-state index in [0.717, 1.165) is 35.5 Å². The van der Waals surface area contributed by atoms with Crippen LogP contribution in [0.5, 0.6) is 5.75 Å². The van der Waals surface area contributed by atoms with Crippen LogP contribution in [0.4, 0.5) is 0 Å². The lowest BCUT2D eigenvalue weighted by atomic mass is 10.1. The molecule has 0 fully saturated rings. The molecule has 0 saturated carbocycles. The number of furan rings is 1. The minimum Gasteiger partial charge on any atom is -0.497 e. The highest BCUT2D eigenvalue weighted by molar-refractivity contribution is 6.01. The Morgan fingerprint density at radius 2 is 1.74 bits per heavy atom. The maximum atomic E-state index is 12.9. The van der Waals surface area contributed by atoms with Gasteiger partial charge in [-0.2, -0.15) is 0 Å². The summed E-state index contributed by atoms with van der Waals surface area (Å²) >= 11 is 0. The number of methoxy groups -OCH3 is 2. The van der Waals surface area contributed by atoms with Crippen molar-refractivity contribution in [2.45, 2.75) is 33.4 Å². The Morgan fingerprint density at radius 3 is 2.46 bits per heavy atom. The molecule has 0 saturated heterocycles. The van der Waals surface area contributed by atoms with E-state index in [1.165, 1.54) is 5.56 Å². The van der Waals surface area contributed by atoms with Crippen molar-refractivity contribution in [3.05, 3.63) is 88.4 Å². The molecule has 182 valence electrons. The fourth-order valence-corrected chi connectivity index (χ4v) is 4.29. The predicted molar refractivity (Wildman–Crippen MR) is 132 cm³/mol. The van der Waals surface area contributed by atoms with Gasteiger partial charge in [0, 0.05) is 41.6 Å². The van der Waals surface area contributed by atoms with Gasteiger partial charge in [0.15, 0.2) is 6.61 Å². The third-order valence-corrected chi connectivity index (χ3v) is 6.16. The van der Waals surface area contributed by atoms with Gasteiger partial charge in [-0.25, -0.2) is 4.79 Å². The van der Waals surface area contributed by atoms with Crippen LogP contribution in [0.3, 0.4) is 0 Å². The molecule has 2 aromatic heterocycles. The summed E-state index contributed by atoms with van der Waals surface area (Å²) < 4.78 is 23.6. The topological polar surface area (TPSA) is 79.9 Å². The minimum atomic E-state index is -0.685. The zero-order valence-corrected chi connectivity index (χ0v) is 20.4. The van der Waals surface area contributed by atoms with Crippen LogP contribution in [-0.2, 0) is 29.0 Å². The molecule has 4 aromatic rings. The van der Waals surface area contributed by atoms with Gasteiger partial charge in [-0.1, -0.05) is 30.3 Å². The lowest BCUT2D eigenvalue weighted by Crippen LogP contribution is -2.16. The molecule has 0 atom stereocenters. The van der Waals surface area contributed by atoms with E-state index in [0.29, 0.717) is 16.7 Å². The number of fused-ring (bicyclic) bond motifs is 1. The molecule has 0 aliphatic rings.